The van der Waals surface area contributed by atoms with E-state index >= 15 is 0 Å². The summed E-state index contributed by atoms with van der Waals surface area (Å²) >= 11 is 0. The molecule has 1 aromatic rings. The van der Waals surface area contributed by atoms with Crippen LogP contribution in [-0.4, -0.2) is 25.4 Å². The van der Waals surface area contributed by atoms with Crippen molar-refractivity contribution in [1.29, 1.82) is 0 Å². The van der Waals surface area contributed by atoms with Gasteiger partial charge in [0.15, 0.2) is 11.5 Å². The average Bonchev–Trinajstić information content (AvgIpc) is 2.55. The molecule has 0 aromatic heterocycles. The zero-order chi connectivity index (χ0) is 17.7. The van der Waals surface area contributed by atoms with Crippen molar-refractivity contribution in [1.82, 2.24) is 0 Å². The summed E-state index contributed by atoms with van der Waals surface area (Å²) in [5.41, 5.74) is -0.399. The molecule has 0 saturated heterocycles. The third kappa shape index (κ3) is 4.20. The maximum Gasteiger partial charge on any atom is 0.424 e. The summed E-state index contributed by atoms with van der Waals surface area (Å²) in [6.45, 7) is 3.38. The monoisotopic (exact) mass is 348 g/mol. The Balaban J connectivity index is 2.13. The molecule has 0 bridgehead atoms. The molecular weight excluding hydrogens is 328 g/mol. The van der Waals surface area contributed by atoms with Gasteiger partial charge in [-0.25, -0.2) is 0 Å². The molecular formula is C17H20F4O3. The van der Waals surface area contributed by atoms with Crippen LogP contribution >= 0.6 is 0 Å². The summed E-state index contributed by atoms with van der Waals surface area (Å²) in [5.74, 6) is -4.10. The zero-order valence-corrected chi connectivity index (χ0v) is 13.6. The molecule has 0 N–H and O–H groups in total. The molecule has 1 aromatic carbocycles. The van der Waals surface area contributed by atoms with Crippen molar-refractivity contribution in [3.63, 3.8) is 0 Å². The van der Waals surface area contributed by atoms with E-state index in [-0.39, 0.29) is 25.1 Å². The van der Waals surface area contributed by atoms with Crippen LogP contribution in [-0.2, 0) is 4.74 Å². The van der Waals surface area contributed by atoms with Crippen LogP contribution in [0.4, 0.5) is 17.6 Å². The molecule has 0 aliphatic carbocycles. The number of hydrogen-bond acceptors (Lipinski definition) is 3. The minimum atomic E-state index is -3.78. The summed E-state index contributed by atoms with van der Waals surface area (Å²) in [6.07, 6.45) is -0.548. The fourth-order valence-electron chi connectivity index (χ4n) is 2.40. The van der Waals surface area contributed by atoms with Crippen LogP contribution in [0, 0.1) is 11.6 Å². The van der Waals surface area contributed by atoms with Gasteiger partial charge >= 0.3 is 6.11 Å². The number of benzene rings is 1. The topological polar surface area (TPSA) is 27.7 Å². The predicted octanol–water partition coefficient (Wildman–Crippen LogP) is 4.85. The molecule has 3 nitrogen and oxygen atoms in total. The van der Waals surface area contributed by atoms with Crippen molar-refractivity contribution in [3.8, 4) is 11.5 Å². The van der Waals surface area contributed by atoms with Crippen molar-refractivity contribution in [2.45, 2.75) is 45.3 Å². The first-order valence-corrected chi connectivity index (χ1v) is 7.87. The van der Waals surface area contributed by atoms with Gasteiger partial charge in [-0.2, -0.15) is 17.6 Å². The Morgan fingerprint density at radius 2 is 1.83 bits per heavy atom. The number of halogens is 4. The molecule has 24 heavy (non-hydrogen) atoms. The first kappa shape index (κ1) is 18.6. The normalized spacial score (nSPS) is 18.2. The van der Waals surface area contributed by atoms with Gasteiger partial charge in [0.25, 0.3) is 0 Å². The van der Waals surface area contributed by atoms with Crippen LogP contribution in [0.1, 0.15) is 33.1 Å². The van der Waals surface area contributed by atoms with Crippen LogP contribution in [0.5, 0.6) is 11.5 Å². The molecule has 0 spiro atoms. The Morgan fingerprint density at radius 3 is 2.42 bits per heavy atom. The second-order valence-corrected chi connectivity index (χ2v) is 5.43. The van der Waals surface area contributed by atoms with Crippen molar-refractivity contribution in [2.75, 3.05) is 13.2 Å². The molecule has 1 atom stereocenters. The van der Waals surface area contributed by atoms with E-state index in [9.17, 15) is 17.6 Å². The number of hydrogen-bond donors (Lipinski definition) is 0. The number of alkyl halides is 2. The Bertz CT molecular complexity index is 602. The smallest absolute Gasteiger partial charge is 0.424 e. The van der Waals surface area contributed by atoms with E-state index in [1.807, 2.05) is 6.92 Å². The van der Waals surface area contributed by atoms with Gasteiger partial charge < -0.3 is 14.2 Å². The first-order valence-electron chi connectivity index (χ1n) is 7.87. The van der Waals surface area contributed by atoms with Crippen molar-refractivity contribution in [3.05, 3.63) is 35.4 Å². The first-order chi connectivity index (χ1) is 11.4. The Morgan fingerprint density at radius 1 is 1.17 bits per heavy atom. The highest BCUT2D eigenvalue weighted by Crippen LogP contribution is 2.35. The van der Waals surface area contributed by atoms with Gasteiger partial charge in [0.1, 0.15) is 0 Å². The molecule has 1 aliphatic rings. The maximum atomic E-state index is 14.2. The standard InChI is InChI=1S/C17H20F4O3/c1-3-5-12-7-6-11(10-23-12)17(20,21)24-14-9-8-13(22-4-2)15(18)16(14)19/h6,8-9,12H,3-5,7,10H2,1-2H3. The predicted molar refractivity (Wildman–Crippen MR) is 80.5 cm³/mol. The van der Waals surface area contributed by atoms with Crippen LogP contribution in [0.25, 0.3) is 0 Å². The molecule has 1 unspecified atom stereocenters. The van der Waals surface area contributed by atoms with Gasteiger partial charge in [0, 0.05) is 0 Å². The molecule has 7 heteroatoms. The van der Waals surface area contributed by atoms with E-state index in [1.54, 1.807) is 6.92 Å². The quantitative estimate of drug-likeness (QED) is 0.521. The van der Waals surface area contributed by atoms with E-state index in [2.05, 4.69) is 4.74 Å². The SMILES string of the molecule is CCCC1CC=C(C(F)(F)Oc2ccc(OCC)c(F)c2F)CO1. The summed E-state index contributed by atoms with van der Waals surface area (Å²) in [7, 11) is 0. The Kier molecular flexibility index (Phi) is 6.10. The molecule has 0 saturated carbocycles. The Labute approximate surface area is 138 Å². The lowest BCUT2D eigenvalue weighted by molar-refractivity contribution is -0.155. The highest BCUT2D eigenvalue weighted by molar-refractivity contribution is 5.35. The van der Waals surface area contributed by atoms with E-state index in [4.69, 9.17) is 9.47 Å². The van der Waals surface area contributed by atoms with Gasteiger partial charge in [-0.1, -0.05) is 19.4 Å². The van der Waals surface area contributed by atoms with E-state index in [0.717, 1.165) is 25.0 Å². The molecule has 134 valence electrons. The maximum absolute atomic E-state index is 14.2. The van der Waals surface area contributed by atoms with Crippen LogP contribution in [0.15, 0.2) is 23.8 Å². The third-order valence-corrected chi connectivity index (χ3v) is 3.64. The lowest BCUT2D eigenvalue weighted by Gasteiger charge is -2.27. The minimum absolute atomic E-state index is 0.103. The lowest BCUT2D eigenvalue weighted by atomic mass is 10.1. The molecule has 1 heterocycles. The van der Waals surface area contributed by atoms with Crippen molar-refractivity contribution < 1.29 is 31.8 Å². The van der Waals surface area contributed by atoms with E-state index in [1.165, 1.54) is 6.08 Å². The van der Waals surface area contributed by atoms with Crippen molar-refractivity contribution in [2.24, 2.45) is 0 Å². The van der Waals surface area contributed by atoms with E-state index < -0.39 is 29.1 Å². The molecule has 0 radical (unpaired) electrons. The molecule has 2 rings (SSSR count). The summed E-state index contributed by atoms with van der Waals surface area (Å²) in [5, 5.41) is 0. The summed E-state index contributed by atoms with van der Waals surface area (Å²) in [4.78, 5) is 0. The van der Waals surface area contributed by atoms with Gasteiger partial charge in [0.05, 0.1) is 24.9 Å². The number of ether oxygens (including phenoxy) is 3. The molecule has 1 aliphatic heterocycles. The lowest BCUT2D eigenvalue weighted by Crippen LogP contribution is -2.34. The second kappa shape index (κ2) is 7.88. The van der Waals surface area contributed by atoms with Gasteiger partial charge in [-0.05, 0) is 31.9 Å². The van der Waals surface area contributed by atoms with Gasteiger partial charge in [-0.15, -0.1) is 0 Å². The highest BCUT2D eigenvalue weighted by Gasteiger charge is 2.40. The zero-order valence-electron chi connectivity index (χ0n) is 13.6. The minimum Gasteiger partial charge on any atom is -0.491 e. The van der Waals surface area contributed by atoms with Crippen LogP contribution in [0.3, 0.4) is 0 Å². The highest BCUT2D eigenvalue weighted by atomic mass is 19.3. The Hall–Kier alpha value is -1.76. The van der Waals surface area contributed by atoms with Crippen LogP contribution in [0.2, 0.25) is 0 Å². The molecule has 0 amide bonds. The third-order valence-electron chi connectivity index (χ3n) is 3.64. The fourth-order valence-corrected chi connectivity index (χ4v) is 2.40. The molecule has 0 fully saturated rings. The van der Waals surface area contributed by atoms with Gasteiger partial charge in [0.2, 0.25) is 11.6 Å². The average molecular weight is 348 g/mol. The fraction of sp³-hybridized carbons (Fsp3) is 0.529. The number of rotatable bonds is 7. The van der Waals surface area contributed by atoms with Crippen molar-refractivity contribution >= 4 is 0 Å². The van der Waals surface area contributed by atoms with E-state index in [0.29, 0.717) is 6.42 Å². The second-order valence-electron chi connectivity index (χ2n) is 5.43. The van der Waals surface area contributed by atoms with Gasteiger partial charge in [-0.3, -0.25) is 0 Å². The largest absolute Gasteiger partial charge is 0.491 e. The van der Waals surface area contributed by atoms with Crippen LogP contribution < -0.4 is 9.47 Å². The summed E-state index contributed by atoms with van der Waals surface area (Å²) < 4.78 is 70.6. The summed E-state index contributed by atoms with van der Waals surface area (Å²) in [6, 6.07) is 1.97.